The summed E-state index contributed by atoms with van der Waals surface area (Å²) < 4.78 is 0. The van der Waals surface area contributed by atoms with Crippen molar-refractivity contribution in [1.29, 1.82) is 0 Å². The fraction of sp³-hybridized carbons (Fsp3) is 0.588. The van der Waals surface area contributed by atoms with Crippen LogP contribution in [-0.2, 0) is 11.3 Å². The first-order valence-electron chi connectivity index (χ1n) is 7.86. The number of benzene rings is 1. The van der Waals surface area contributed by atoms with Crippen molar-refractivity contribution < 1.29 is 9.90 Å². The van der Waals surface area contributed by atoms with Crippen LogP contribution in [0.4, 0.5) is 0 Å². The SMILES string of the molecule is O=C(O)CN1CCC2(CC1)CCN(Cc1ccccc1)C2. The number of carboxylic acids is 1. The molecular formula is C17H24N2O2. The van der Waals surface area contributed by atoms with Gasteiger partial charge in [-0.25, -0.2) is 0 Å². The van der Waals surface area contributed by atoms with E-state index in [4.69, 9.17) is 5.11 Å². The second kappa shape index (κ2) is 6.16. The topological polar surface area (TPSA) is 43.8 Å². The summed E-state index contributed by atoms with van der Waals surface area (Å²) in [6, 6.07) is 10.7. The molecule has 0 atom stereocenters. The van der Waals surface area contributed by atoms with Crippen LogP contribution in [0.1, 0.15) is 24.8 Å². The Labute approximate surface area is 126 Å². The fourth-order valence-corrected chi connectivity index (χ4v) is 3.79. The Kier molecular flexibility index (Phi) is 4.27. The summed E-state index contributed by atoms with van der Waals surface area (Å²) in [7, 11) is 0. The van der Waals surface area contributed by atoms with Gasteiger partial charge in [-0.2, -0.15) is 0 Å². The molecule has 2 heterocycles. The van der Waals surface area contributed by atoms with E-state index in [2.05, 4.69) is 40.1 Å². The zero-order valence-corrected chi connectivity index (χ0v) is 12.5. The number of likely N-dealkylation sites (tertiary alicyclic amines) is 2. The molecule has 0 aliphatic carbocycles. The molecule has 0 unspecified atom stereocenters. The predicted molar refractivity (Wildman–Crippen MR) is 82.1 cm³/mol. The predicted octanol–water partition coefficient (Wildman–Crippen LogP) is 2.06. The van der Waals surface area contributed by atoms with Crippen LogP contribution < -0.4 is 0 Å². The number of aliphatic carboxylic acids is 1. The normalized spacial score (nSPS) is 22.7. The number of nitrogens with zero attached hydrogens (tertiary/aromatic N) is 2. The van der Waals surface area contributed by atoms with E-state index in [1.54, 1.807) is 0 Å². The van der Waals surface area contributed by atoms with E-state index in [1.165, 1.54) is 25.1 Å². The third-order valence-electron chi connectivity index (χ3n) is 5.04. The van der Waals surface area contributed by atoms with E-state index in [0.29, 0.717) is 5.41 Å². The van der Waals surface area contributed by atoms with Crippen LogP contribution in [0, 0.1) is 5.41 Å². The minimum atomic E-state index is -0.705. The molecular weight excluding hydrogens is 264 g/mol. The van der Waals surface area contributed by atoms with Crippen molar-refractivity contribution in [1.82, 2.24) is 9.80 Å². The average molecular weight is 288 g/mol. The smallest absolute Gasteiger partial charge is 0.317 e. The molecule has 2 aliphatic heterocycles. The molecule has 2 aliphatic rings. The highest BCUT2D eigenvalue weighted by Crippen LogP contribution is 2.40. The average Bonchev–Trinajstić information content (AvgIpc) is 2.85. The lowest BCUT2D eigenvalue weighted by Gasteiger charge is -2.38. The molecule has 0 saturated carbocycles. The van der Waals surface area contributed by atoms with Crippen molar-refractivity contribution in [3.8, 4) is 0 Å². The number of carbonyl (C=O) groups is 1. The quantitative estimate of drug-likeness (QED) is 0.921. The van der Waals surface area contributed by atoms with Gasteiger partial charge in [0.1, 0.15) is 0 Å². The zero-order chi connectivity index (χ0) is 14.7. The van der Waals surface area contributed by atoms with Gasteiger partial charge in [-0.1, -0.05) is 30.3 Å². The van der Waals surface area contributed by atoms with Crippen LogP contribution in [0.2, 0.25) is 0 Å². The van der Waals surface area contributed by atoms with E-state index in [-0.39, 0.29) is 6.54 Å². The maximum absolute atomic E-state index is 10.8. The summed E-state index contributed by atoms with van der Waals surface area (Å²) >= 11 is 0. The van der Waals surface area contributed by atoms with Gasteiger partial charge in [0.15, 0.2) is 0 Å². The van der Waals surface area contributed by atoms with Crippen molar-refractivity contribution in [2.75, 3.05) is 32.7 Å². The van der Waals surface area contributed by atoms with E-state index in [1.807, 2.05) is 0 Å². The van der Waals surface area contributed by atoms with Crippen LogP contribution in [0.5, 0.6) is 0 Å². The van der Waals surface area contributed by atoms with Crippen LogP contribution in [0.15, 0.2) is 30.3 Å². The first-order valence-corrected chi connectivity index (χ1v) is 7.86. The van der Waals surface area contributed by atoms with Gasteiger partial charge in [0.05, 0.1) is 6.54 Å². The maximum Gasteiger partial charge on any atom is 0.317 e. The lowest BCUT2D eigenvalue weighted by molar-refractivity contribution is -0.138. The molecule has 0 radical (unpaired) electrons. The standard InChI is InChI=1S/C17H24N2O2/c20-16(21)13-18-9-6-17(7-10-18)8-11-19(14-17)12-15-4-2-1-3-5-15/h1-5H,6-14H2,(H,20,21). The molecule has 0 amide bonds. The van der Waals surface area contributed by atoms with E-state index in [9.17, 15) is 4.79 Å². The lowest BCUT2D eigenvalue weighted by atomic mass is 9.78. The summed E-state index contributed by atoms with van der Waals surface area (Å²) in [5.41, 5.74) is 1.82. The van der Waals surface area contributed by atoms with Crippen LogP contribution in [0.25, 0.3) is 0 Å². The van der Waals surface area contributed by atoms with Gasteiger partial charge >= 0.3 is 5.97 Å². The molecule has 0 bridgehead atoms. The minimum absolute atomic E-state index is 0.198. The summed E-state index contributed by atoms with van der Waals surface area (Å²) in [5, 5.41) is 8.88. The molecule has 1 spiro atoms. The fourth-order valence-electron chi connectivity index (χ4n) is 3.79. The Morgan fingerprint density at radius 1 is 1.05 bits per heavy atom. The molecule has 4 nitrogen and oxygen atoms in total. The van der Waals surface area contributed by atoms with Gasteiger partial charge in [0.25, 0.3) is 0 Å². The number of rotatable bonds is 4. The zero-order valence-electron chi connectivity index (χ0n) is 12.5. The van der Waals surface area contributed by atoms with Gasteiger partial charge in [-0.15, -0.1) is 0 Å². The van der Waals surface area contributed by atoms with E-state index < -0.39 is 5.97 Å². The van der Waals surface area contributed by atoms with Crippen LogP contribution >= 0.6 is 0 Å². The summed E-state index contributed by atoms with van der Waals surface area (Å²) in [6.07, 6.45) is 3.55. The number of piperidine rings is 1. The van der Waals surface area contributed by atoms with Crippen molar-refractivity contribution in [2.45, 2.75) is 25.8 Å². The number of carboxylic acid groups (broad SMARTS) is 1. The Morgan fingerprint density at radius 2 is 1.67 bits per heavy atom. The van der Waals surface area contributed by atoms with Gasteiger partial charge < -0.3 is 5.11 Å². The highest BCUT2D eigenvalue weighted by atomic mass is 16.4. The largest absolute Gasteiger partial charge is 0.480 e. The Hall–Kier alpha value is -1.39. The van der Waals surface area contributed by atoms with Crippen LogP contribution in [0.3, 0.4) is 0 Å². The molecule has 2 saturated heterocycles. The molecule has 1 N–H and O–H groups in total. The second-order valence-electron chi connectivity index (χ2n) is 6.62. The van der Waals surface area contributed by atoms with Crippen molar-refractivity contribution >= 4 is 5.97 Å². The molecule has 2 fully saturated rings. The van der Waals surface area contributed by atoms with Crippen molar-refractivity contribution in [3.63, 3.8) is 0 Å². The number of hydrogen-bond acceptors (Lipinski definition) is 3. The number of hydrogen-bond donors (Lipinski definition) is 1. The molecule has 0 aromatic heterocycles. The van der Waals surface area contributed by atoms with Crippen LogP contribution in [-0.4, -0.2) is 53.6 Å². The monoisotopic (exact) mass is 288 g/mol. The van der Waals surface area contributed by atoms with Crippen molar-refractivity contribution in [2.24, 2.45) is 5.41 Å². The first kappa shape index (κ1) is 14.5. The summed E-state index contributed by atoms with van der Waals surface area (Å²) in [5.74, 6) is -0.705. The van der Waals surface area contributed by atoms with Gasteiger partial charge in [0.2, 0.25) is 0 Å². The molecule has 1 aromatic rings. The van der Waals surface area contributed by atoms with Gasteiger partial charge in [0, 0.05) is 13.1 Å². The molecule has 1 aromatic carbocycles. The minimum Gasteiger partial charge on any atom is -0.480 e. The summed E-state index contributed by atoms with van der Waals surface area (Å²) in [6.45, 7) is 5.46. The van der Waals surface area contributed by atoms with Gasteiger partial charge in [-0.05, 0) is 49.9 Å². The van der Waals surface area contributed by atoms with E-state index in [0.717, 1.165) is 32.5 Å². The highest BCUT2D eigenvalue weighted by Gasteiger charge is 2.40. The molecule has 21 heavy (non-hydrogen) atoms. The Bertz CT molecular complexity index is 481. The summed E-state index contributed by atoms with van der Waals surface area (Å²) in [4.78, 5) is 15.4. The Balaban J connectivity index is 1.52. The third-order valence-corrected chi connectivity index (χ3v) is 5.04. The Morgan fingerprint density at radius 3 is 2.29 bits per heavy atom. The van der Waals surface area contributed by atoms with E-state index >= 15 is 0 Å². The molecule has 3 rings (SSSR count). The first-order chi connectivity index (χ1) is 10.2. The third kappa shape index (κ3) is 3.63. The lowest BCUT2D eigenvalue weighted by Crippen LogP contribution is -2.43. The molecule has 4 heteroatoms. The second-order valence-corrected chi connectivity index (χ2v) is 6.62. The van der Waals surface area contributed by atoms with Gasteiger partial charge in [-0.3, -0.25) is 14.6 Å². The maximum atomic E-state index is 10.8. The molecule has 114 valence electrons. The van der Waals surface area contributed by atoms with Crippen molar-refractivity contribution in [3.05, 3.63) is 35.9 Å². The highest BCUT2D eigenvalue weighted by molar-refractivity contribution is 5.69.